The van der Waals surface area contributed by atoms with E-state index in [1.165, 1.54) is 0 Å². The van der Waals surface area contributed by atoms with Gasteiger partial charge in [0, 0.05) is 6.04 Å². The van der Waals surface area contributed by atoms with Gasteiger partial charge in [0.2, 0.25) is 0 Å². The third-order valence-corrected chi connectivity index (χ3v) is 2.85. The van der Waals surface area contributed by atoms with Gasteiger partial charge in [0.1, 0.15) is 0 Å². The molecule has 0 radical (unpaired) electrons. The number of hydrogen-bond donors (Lipinski definition) is 2. The average molecular weight is 280 g/mol. The van der Waals surface area contributed by atoms with E-state index in [4.69, 9.17) is 20.9 Å². The Labute approximate surface area is 120 Å². The van der Waals surface area contributed by atoms with Gasteiger partial charge in [0.15, 0.2) is 17.6 Å². The molecule has 20 heavy (non-hydrogen) atoms. The molecule has 112 valence electrons. The summed E-state index contributed by atoms with van der Waals surface area (Å²) in [6.07, 6.45) is 0.488. The molecule has 0 heterocycles. The molecule has 0 aromatic heterocycles. The lowest BCUT2D eigenvalue weighted by Crippen LogP contribution is -2.33. The van der Waals surface area contributed by atoms with Gasteiger partial charge >= 0.3 is 0 Å². The Balaban J connectivity index is 3.12. The number of hydrogen-bond acceptors (Lipinski definition) is 4. The first-order valence-corrected chi connectivity index (χ1v) is 6.95. The number of rotatable bonds is 8. The number of benzene rings is 1. The fraction of sp³-hybridized carbons (Fsp3) is 0.533. The van der Waals surface area contributed by atoms with Gasteiger partial charge < -0.3 is 20.9 Å². The smallest absolute Gasteiger partial charge is 0.258 e. The minimum atomic E-state index is -0.663. The van der Waals surface area contributed by atoms with E-state index in [1.54, 1.807) is 0 Å². The summed E-state index contributed by atoms with van der Waals surface area (Å²) in [6.45, 7) is 6.19. The van der Waals surface area contributed by atoms with Crippen molar-refractivity contribution in [3.05, 3.63) is 23.8 Å². The Bertz CT molecular complexity index is 447. The minimum Gasteiger partial charge on any atom is -0.490 e. The van der Waals surface area contributed by atoms with Crippen LogP contribution < -0.4 is 20.9 Å². The van der Waals surface area contributed by atoms with Gasteiger partial charge in [-0.3, -0.25) is 4.79 Å². The van der Waals surface area contributed by atoms with Gasteiger partial charge in [-0.15, -0.1) is 0 Å². The second-order valence-electron chi connectivity index (χ2n) is 4.78. The van der Waals surface area contributed by atoms with Crippen LogP contribution in [0.1, 0.15) is 32.8 Å². The number of nitrogens with two attached hydrogens (primary N) is 2. The van der Waals surface area contributed by atoms with Crippen molar-refractivity contribution in [3.63, 3.8) is 0 Å². The highest BCUT2D eigenvalue weighted by atomic mass is 16.5. The van der Waals surface area contributed by atoms with Crippen molar-refractivity contribution >= 4 is 5.91 Å². The second kappa shape index (κ2) is 7.75. The van der Waals surface area contributed by atoms with Gasteiger partial charge in [0.25, 0.3) is 5.91 Å². The van der Waals surface area contributed by atoms with Gasteiger partial charge in [-0.05, 0) is 38.3 Å². The quantitative estimate of drug-likeness (QED) is 0.757. The van der Waals surface area contributed by atoms with E-state index in [1.807, 2.05) is 39.0 Å². The SMILES string of the molecule is CCOc1cccc(CC(C)N)c1OC(CC)C(N)=O. The maximum atomic E-state index is 11.4. The molecule has 0 spiro atoms. The Kier molecular flexibility index (Phi) is 6.31. The molecule has 0 bridgehead atoms. The molecule has 1 aromatic carbocycles. The lowest BCUT2D eigenvalue weighted by atomic mass is 10.1. The van der Waals surface area contributed by atoms with Crippen LogP contribution in [0.4, 0.5) is 0 Å². The third kappa shape index (κ3) is 4.42. The van der Waals surface area contributed by atoms with Gasteiger partial charge in [-0.2, -0.15) is 0 Å². The first-order chi connectivity index (χ1) is 9.49. The van der Waals surface area contributed by atoms with Crippen LogP contribution in [-0.2, 0) is 11.2 Å². The monoisotopic (exact) mass is 280 g/mol. The van der Waals surface area contributed by atoms with E-state index in [2.05, 4.69) is 0 Å². The first kappa shape index (κ1) is 16.3. The lowest BCUT2D eigenvalue weighted by molar-refractivity contribution is -0.124. The summed E-state index contributed by atoms with van der Waals surface area (Å²) < 4.78 is 11.4. The summed E-state index contributed by atoms with van der Waals surface area (Å²) in [5.74, 6) is 0.702. The summed E-state index contributed by atoms with van der Waals surface area (Å²) in [5.41, 5.74) is 12.1. The van der Waals surface area contributed by atoms with Crippen molar-refractivity contribution in [2.75, 3.05) is 6.61 Å². The predicted molar refractivity (Wildman–Crippen MR) is 78.9 cm³/mol. The van der Waals surface area contributed by atoms with E-state index in [0.717, 1.165) is 5.56 Å². The summed E-state index contributed by atoms with van der Waals surface area (Å²) in [4.78, 5) is 11.4. The topological polar surface area (TPSA) is 87.6 Å². The molecular weight excluding hydrogens is 256 g/mol. The van der Waals surface area contributed by atoms with Gasteiger partial charge in [-0.1, -0.05) is 19.1 Å². The zero-order valence-corrected chi connectivity index (χ0v) is 12.4. The van der Waals surface area contributed by atoms with E-state index in [0.29, 0.717) is 30.9 Å². The van der Waals surface area contributed by atoms with Gasteiger partial charge in [-0.25, -0.2) is 0 Å². The predicted octanol–water partition coefficient (Wildman–Crippen LogP) is 1.62. The maximum Gasteiger partial charge on any atom is 0.258 e. The summed E-state index contributed by atoms with van der Waals surface area (Å²) in [6, 6.07) is 5.62. The Morgan fingerprint density at radius 3 is 2.55 bits per heavy atom. The molecule has 1 rings (SSSR count). The van der Waals surface area contributed by atoms with Crippen molar-refractivity contribution in [1.29, 1.82) is 0 Å². The van der Waals surface area contributed by atoms with Crippen LogP contribution in [0.3, 0.4) is 0 Å². The van der Waals surface area contributed by atoms with Crippen molar-refractivity contribution in [2.24, 2.45) is 11.5 Å². The molecule has 5 heteroatoms. The normalized spacial score (nSPS) is 13.6. The molecule has 0 fully saturated rings. The van der Waals surface area contributed by atoms with E-state index in [9.17, 15) is 4.79 Å². The second-order valence-corrected chi connectivity index (χ2v) is 4.78. The number of carbonyl (C=O) groups excluding carboxylic acids is 1. The fourth-order valence-corrected chi connectivity index (χ4v) is 1.96. The average Bonchev–Trinajstić information content (AvgIpc) is 2.37. The molecule has 0 aliphatic rings. The van der Waals surface area contributed by atoms with E-state index >= 15 is 0 Å². The molecule has 0 aliphatic heterocycles. The molecule has 0 aliphatic carbocycles. The van der Waals surface area contributed by atoms with E-state index < -0.39 is 12.0 Å². The zero-order valence-electron chi connectivity index (χ0n) is 12.4. The molecule has 4 N–H and O–H groups in total. The molecule has 1 aromatic rings. The lowest BCUT2D eigenvalue weighted by Gasteiger charge is -2.20. The number of ether oxygens (including phenoxy) is 2. The van der Waals surface area contributed by atoms with Crippen molar-refractivity contribution in [3.8, 4) is 11.5 Å². The van der Waals surface area contributed by atoms with Crippen molar-refractivity contribution in [2.45, 2.75) is 45.8 Å². The number of primary amides is 1. The Morgan fingerprint density at radius 1 is 1.35 bits per heavy atom. The molecule has 0 saturated heterocycles. The molecule has 5 nitrogen and oxygen atoms in total. The molecule has 0 saturated carbocycles. The largest absolute Gasteiger partial charge is 0.490 e. The van der Waals surface area contributed by atoms with Crippen LogP contribution in [0.15, 0.2) is 18.2 Å². The Hall–Kier alpha value is -1.75. The third-order valence-electron chi connectivity index (χ3n) is 2.85. The summed E-state index contributed by atoms with van der Waals surface area (Å²) >= 11 is 0. The van der Waals surface area contributed by atoms with Crippen LogP contribution in [0.2, 0.25) is 0 Å². The van der Waals surface area contributed by atoms with Crippen molar-refractivity contribution < 1.29 is 14.3 Å². The minimum absolute atomic E-state index is 0.0112. The van der Waals surface area contributed by atoms with Gasteiger partial charge in [0.05, 0.1) is 6.61 Å². The van der Waals surface area contributed by atoms with Crippen LogP contribution in [0.25, 0.3) is 0 Å². The fourth-order valence-electron chi connectivity index (χ4n) is 1.96. The Morgan fingerprint density at radius 2 is 2.05 bits per heavy atom. The zero-order chi connectivity index (χ0) is 15.1. The first-order valence-electron chi connectivity index (χ1n) is 6.95. The number of amides is 1. The highest BCUT2D eigenvalue weighted by Gasteiger charge is 2.20. The van der Waals surface area contributed by atoms with Crippen LogP contribution >= 0.6 is 0 Å². The highest BCUT2D eigenvalue weighted by molar-refractivity contribution is 5.79. The number of carbonyl (C=O) groups is 1. The van der Waals surface area contributed by atoms with Crippen LogP contribution in [0, 0.1) is 0 Å². The summed E-state index contributed by atoms with van der Waals surface area (Å²) in [5, 5.41) is 0. The maximum absolute atomic E-state index is 11.4. The molecular formula is C15H24N2O3. The van der Waals surface area contributed by atoms with Crippen LogP contribution in [0.5, 0.6) is 11.5 Å². The molecule has 1 amide bonds. The number of para-hydroxylation sites is 1. The van der Waals surface area contributed by atoms with Crippen LogP contribution in [-0.4, -0.2) is 24.7 Å². The molecule has 2 unspecified atom stereocenters. The summed E-state index contributed by atoms with van der Waals surface area (Å²) in [7, 11) is 0. The standard InChI is InChI=1S/C15H24N2O3/c1-4-12(15(17)18)20-14-11(9-10(3)16)7-6-8-13(14)19-5-2/h6-8,10,12H,4-5,9,16H2,1-3H3,(H2,17,18). The van der Waals surface area contributed by atoms with Crippen molar-refractivity contribution in [1.82, 2.24) is 0 Å². The molecule has 2 atom stereocenters. The highest BCUT2D eigenvalue weighted by Crippen LogP contribution is 2.33. The van der Waals surface area contributed by atoms with E-state index in [-0.39, 0.29) is 6.04 Å².